The maximum absolute atomic E-state index is 12.9. The molecular formula is C54H85BrN4O14. The van der Waals surface area contributed by atoms with Crippen LogP contribution in [0.3, 0.4) is 0 Å². The van der Waals surface area contributed by atoms with E-state index in [1.165, 1.54) is 0 Å². The van der Waals surface area contributed by atoms with Crippen LogP contribution in [0, 0.1) is 0 Å². The summed E-state index contributed by atoms with van der Waals surface area (Å²) >= 11 is 3.22. The van der Waals surface area contributed by atoms with Gasteiger partial charge in [-0.2, -0.15) is 0 Å². The number of hydrogen-bond acceptors (Lipinski definition) is 16. The molecule has 4 heterocycles. The van der Waals surface area contributed by atoms with E-state index in [0.717, 1.165) is 24.2 Å². The van der Waals surface area contributed by atoms with Crippen LogP contribution in [0.15, 0.2) is 36.4 Å². The zero-order valence-corrected chi connectivity index (χ0v) is 47.9. The van der Waals surface area contributed by atoms with E-state index < -0.39 is 49.5 Å². The Morgan fingerprint density at radius 3 is 1.22 bits per heavy atom. The summed E-state index contributed by atoms with van der Waals surface area (Å²) < 4.78 is 37.5. The lowest BCUT2D eigenvalue weighted by molar-refractivity contribution is -0.184. The molecule has 0 spiro atoms. The number of ether oxygens (including phenoxy) is 7. The highest BCUT2D eigenvalue weighted by molar-refractivity contribution is 9.10. The summed E-state index contributed by atoms with van der Waals surface area (Å²) in [6.07, 6.45) is -0.578. The topological polar surface area (TPSA) is 207 Å². The van der Waals surface area contributed by atoms with Gasteiger partial charge in [-0.1, -0.05) is 40.2 Å². The summed E-state index contributed by atoms with van der Waals surface area (Å²) in [6, 6.07) is 10.9. The molecule has 73 heavy (non-hydrogen) atoms. The predicted octanol–water partition coefficient (Wildman–Crippen LogP) is 7.62. The third-order valence-corrected chi connectivity index (χ3v) is 11.9. The molecule has 0 aromatic heterocycles. The van der Waals surface area contributed by atoms with E-state index in [0.29, 0.717) is 69.2 Å². The molecule has 19 heteroatoms. The van der Waals surface area contributed by atoms with Gasteiger partial charge in [-0.05, 0) is 134 Å². The normalized spacial score (nSPS) is 18.6. The summed E-state index contributed by atoms with van der Waals surface area (Å²) in [5, 5.41) is 31.4. The molecule has 4 saturated heterocycles. The molecule has 0 aliphatic carbocycles. The molecule has 2 amide bonds. The monoisotopic (exact) mass is 1090 g/mol. The number of halogens is 1. The molecule has 0 radical (unpaired) electrons. The van der Waals surface area contributed by atoms with Crippen LogP contribution in [0.2, 0.25) is 0 Å². The van der Waals surface area contributed by atoms with Gasteiger partial charge in [0, 0.05) is 76.6 Å². The van der Waals surface area contributed by atoms with Crippen molar-refractivity contribution >= 4 is 40.1 Å². The molecule has 18 nitrogen and oxygen atoms in total. The Morgan fingerprint density at radius 2 is 0.890 bits per heavy atom. The van der Waals surface area contributed by atoms with Crippen LogP contribution in [0.1, 0.15) is 133 Å². The second-order valence-corrected chi connectivity index (χ2v) is 26.3. The van der Waals surface area contributed by atoms with Crippen molar-refractivity contribution in [2.24, 2.45) is 0 Å². The highest BCUT2D eigenvalue weighted by Gasteiger charge is 2.41. The number of hydrogen-bond donors (Lipinski definition) is 3. The fourth-order valence-corrected chi connectivity index (χ4v) is 7.49. The lowest BCUT2D eigenvalue weighted by Gasteiger charge is -2.38. The summed E-state index contributed by atoms with van der Waals surface area (Å²) in [7, 11) is 0. The number of phenols is 1. The van der Waals surface area contributed by atoms with Crippen molar-refractivity contribution in [3.8, 4) is 11.5 Å². The number of alkyl halides is 1. The second kappa shape index (κ2) is 23.8. The maximum Gasteiger partial charge on any atom is 0.410 e. The Morgan fingerprint density at radius 1 is 0.534 bits per heavy atom. The number of piperazine rings is 2. The van der Waals surface area contributed by atoms with Crippen molar-refractivity contribution in [3.63, 3.8) is 0 Å². The van der Waals surface area contributed by atoms with Gasteiger partial charge in [-0.25, -0.2) is 14.4 Å². The van der Waals surface area contributed by atoms with E-state index in [4.69, 9.17) is 33.2 Å². The molecule has 0 unspecified atom stereocenters. The van der Waals surface area contributed by atoms with Gasteiger partial charge in [0.2, 0.25) is 0 Å². The number of aromatic hydroxyl groups is 1. The minimum absolute atomic E-state index is 0.178. The lowest BCUT2D eigenvalue weighted by atomic mass is 9.91. The average Bonchev–Trinajstić information content (AvgIpc) is 3.21. The Bertz CT molecular complexity index is 2200. The number of nitrogens with zero attached hydrogens (tertiary/aromatic N) is 4. The van der Waals surface area contributed by atoms with Gasteiger partial charge in [0.15, 0.2) is 5.60 Å². The van der Waals surface area contributed by atoms with E-state index in [2.05, 4.69) is 25.7 Å². The fraction of sp³-hybridized carbons (Fsp3) is 0.704. The standard InChI is InChI=1S/C27H42N2O7.C19H28N2O5.C8H15BrO2/c1-24(2,3)35-22(30)26(7,8)34-21-15-20(27(32)17-33-18-27)10-9-19(21)16-28-11-13-29(14-12-28)23(31)36-25(4,5)6;1-18(2,3)26-17(23)21-8-6-20(7-9-21)11-14-4-5-15(10-16(14)22)19(24)12-25-13-19;1-7(2,3)11-6(10)8(4,5)9/h9-10,15,32H,11-14,16-18H2,1-8H3;4-5,10,22,24H,6-9,11-13H2,1-3H3;1-5H3. The summed E-state index contributed by atoms with van der Waals surface area (Å²) in [5.74, 6) is -0.0105. The van der Waals surface area contributed by atoms with E-state index in [9.17, 15) is 34.5 Å². The second-order valence-electron chi connectivity index (χ2n) is 24.3. The van der Waals surface area contributed by atoms with Crippen LogP contribution < -0.4 is 4.74 Å². The number of carbonyl (C=O) groups excluding carboxylic acids is 4. The smallest absolute Gasteiger partial charge is 0.410 e. The zero-order chi connectivity index (χ0) is 55.2. The van der Waals surface area contributed by atoms with Gasteiger partial charge in [0.05, 0.1) is 26.4 Å². The first-order chi connectivity index (χ1) is 33.3. The van der Waals surface area contributed by atoms with Gasteiger partial charge in [-0.3, -0.25) is 14.6 Å². The predicted molar refractivity (Wildman–Crippen MR) is 280 cm³/mol. The first-order valence-electron chi connectivity index (χ1n) is 25.1. The molecule has 0 saturated carbocycles. The van der Waals surface area contributed by atoms with E-state index >= 15 is 0 Å². The Balaban J connectivity index is 0.000000271. The lowest BCUT2D eigenvalue weighted by Crippen LogP contribution is -2.49. The zero-order valence-electron chi connectivity index (χ0n) is 46.4. The van der Waals surface area contributed by atoms with Crippen molar-refractivity contribution in [3.05, 3.63) is 58.7 Å². The van der Waals surface area contributed by atoms with Crippen LogP contribution in [0.25, 0.3) is 0 Å². The number of amides is 2. The summed E-state index contributed by atoms with van der Waals surface area (Å²) in [4.78, 5) is 56.4. The van der Waals surface area contributed by atoms with Gasteiger partial charge in [0.25, 0.3) is 0 Å². The SMILES string of the molecule is CC(C)(C)OC(=O)C(C)(C)Br.CC(C)(C)OC(=O)N1CCN(Cc2ccc(C3(O)COC3)cc2O)CC1.CC(C)(C)OC(=O)N1CCN(Cc2ccc(C3(O)COC3)cc2OC(C)(C)C(=O)OC(C)(C)C)CC1. The Labute approximate surface area is 442 Å². The van der Waals surface area contributed by atoms with Gasteiger partial charge >= 0.3 is 24.1 Å². The summed E-state index contributed by atoms with van der Waals surface area (Å²) in [5.41, 5.74) is -2.29. The Hall–Kier alpha value is -4.24. The average molecular weight is 1090 g/mol. The fourth-order valence-electron chi connectivity index (χ4n) is 7.41. The van der Waals surface area contributed by atoms with Crippen LogP contribution in [-0.4, -0.2) is 170 Å². The third kappa shape index (κ3) is 19.4. The number of aliphatic hydroxyl groups is 2. The van der Waals surface area contributed by atoms with Gasteiger partial charge < -0.3 is 58.3 Å². The minimum atomic E-state index is -1.24. The van der Waals surface area contributed by atoms with Gasteiger partial charge in [-0.15, -0.1) is 0 Å². The van der Waals surface area contributed by atoms with E-state index in [1.807, 2.05) is 107 Å². The molecule has 3 N–H and O–H groups in total. The van der Waals surface area contributed by atoms with Crippen LogP contribution in [0.4, 0.5) is 9.59 Å². The molecule has 2 aromatic carbocycles. The van der Waals surface area contributed by atoms with Crippen molar-refractivity contribution in [2.45, 2.75) is 167 Å². The molecule has 0 bridgehead atoms. The van der Waals surface area contributed by atoms with Gasteiger partial charge in [0.1, 0.15) is 49.4 Å². The van der Waals surface area contributed by atoms with E-state index in [-0.39, 0.29) is 50.3 Å². The van der Waals surface area contributed by atoms with Crippen molar-refractivity contribution in [1.82, 2.24) is 19.6 Å². The van der Waals surface area contributed by atoms with Crippen LogP contribution in [0.5, 0.6) is 11.5 Å². The maximum atomic E-state index is 12.9. The Kier molecular flexibility index (Phi) is 19.9. The highest BCUT2D eigenvalue weighted by Crippen LogP contribution is 2.36. The molecule has 2 aromatic rings. The van der Waals surface area contributed by atoms with Crippen LogP contribution >= 0.6 is 15.9 Å². The van der Waals surface area contributed by atoms with Crippen molar-refractivity contribution in [2.75, 3.05) is 78.8 Å². The van der Waals surface area contributed by atoms with E-state index in [1.54, 1.807) is 49.6 Å². The minimum Gasteiger partial charge on any atom is -0.508 e. The van der Waals surface area contributed by atoms with Crippen molar-refractivity contribution in [1.29, 1.82) is 0 Å². The molecular weight excluding hydrogens is 1010 g/mol. The molecule has 4 aliphatic rings. The van der Waals surface area contributed by atoms with Crippen molar-refractivity contribution < 1.29 is 67.7 Å². The quantitative estimate of drug-likeness (QED) is 0.119. The highest BCUT2D eigenvalue weighted by atomic mass is 79.9. The number of carbonyl (C=O) groups is 4. The molecule has 4 fully saturated rings. The molecule has 4 aliphatic heterocycles. The van der Waals surface area contributed by atoms with Crippen LogP contribution in [-0.2, 0) is 62.3 Å². The molecule has 6 rings (SSSR count). The molecule has 412 valence electrons. The number of esters is 2. The number of phenolic OH excluding ortho intramolecular Hbond substituents is 1. The molecule has 0 atom stereocenters. The largest absolute Gasteiger partial charge is 0.508 e. The summed E-state index contributed by atoms with van der Waals surface area (Å²) in [6.45, 7) is 36.3. The number of benzene rings is 2. The number of rotatable bonds is 10. The third-order valence-electron chi connectivity index (χ3n) is 11.6. The first kappa shape index (κ1) is 61.3. The first-order valence-corrected chi connectivity index (χ1v) is 25.9.